The van der Waals surface area contributed by atoms with Gasteiger partial charge in [0.25, 0.3) is 0 Å². The zero-order valence-corrected chi connectivity index (χ0v) is 25.2. The topological polar surface area (TPSA) is 143 Å². The SMILES string of the molecule is CCC(Cc1ccc(-n2ccc(NC(=O)N3CCN(C(=O)C(C)(C)N)CC3)nc2=O)cc1)N1CC2CCC(N)CC2C1. The van der Waals surface area contributed by atoms with E-state index in [1.165, 1.54) is 23.1 Å². The number of amides is 3. The highest BCUT2D eigenvalue weighted by atomic mass is 16.2. The van der Waals surface area contributed by atoms with E-state index in [1.807, 2.05) is 12.1 Å². The van der Waals surface area contributed by atoms with E-state index in [0.717, 1.165) is 49.8 Å². The number of nitrogens with two attached hydrogens (primary N) is 2. The Balaban J connectivity index is 1.15. The van der Waals surface area contributed by atoms with Crippen molar-refractivity contribution in [3.05, 3.63) is 52.6 Å². The van der Waals surface area contributed by atoms with Crippen LogP contribution in [0.15, 0.2) is 41.3 Å². The Morgan fingerprint density at radius 2 is 1.69 bits per heavy atom. The number of benzene rings is 1. The molecule has 228 valence electrons. The lowest BCUT2D eigenvalue weighted by Crippen LogP contribution is -2.58. The van der Waals surface area contributed by atoms with Crippen LogP contribution in [-0.2, 0) is 11.2 Å². The second-order valence-electron chi connectivity index (χ2n) is 12.9. The summed E-state index contributed by atoms with van der Waals surface area (Å²) in [5.74, 6) is 1.58. The van der Waals surface area contributed by atoms with Crippen LogP contribution in [0.5, 0.6) is 0 Å². The Hall–Kier alpha value is -3.28. The molecule has 4 unspecified atom stereocenters. The fourth-order valence-corrected chi connectivity index (χ4v) is 6.78. The molecule has 2 aliphatic heterocycles. The van der Waals surface area contributed by atoms with Crippen molar-refractivity contribution in [2.75, 3.05) is 44.6 Å². The lowest BCUT2D eigenvalue weighted by atomic mass is 9.79. The van der Waals surface area contributed by atoms with E-state index < -0.39 is 11.2 Å². The second-order valence-corrected chi connectivity index (χ2v) is 12.9. The van der Waals surface area contributed by atoms with Gasteiger partial charge in [-0.1, -0.05) is 19.1 Å². The molecule has 42 heavy (non-hydrogen) atoms. The summed E-state index contributed by atoms with van der Waals surface area (Å²) in [5, 5.41) is 2.71. The third kappa shape index (κ3) is 6.85. The van der Waals surface area contributed by atoms with Gasteiger partial charge < -0.3 is 21.3 Å². The summed E-state index contributed by atoms with van der Waals surface area (Å²) < 4.78 is 1.48. The van der Waals surface area contributed by atoms with E-state index in [1.54, 1.807) is 35.9 Å². The van der Waals surface area contributed by atoms with Crippen molar-refractivity contribution in [3.8, 4) is 5.69 Å². The molecule has 3 amide bonds. The van der Waals surface area contributed by atoms with Gasteiger partial charge in [-0.3, -0.25) is 19.6 Å². The minimum Gasteiger partial charge on any atom is -0.338 e. The number of carbonyl (C=O) groups excluding carboxylic acids is 2. The average Bonchev–Trinajstić information content (AvgIpc) is 3.38. The summed E-state index contributed by atoms with van der Waals surface area (Å²) in [4.78, 5) is 48.0. The van der Waals surface area contributed by atoms with Gasteiger partial charge in [0.15, 0.2) is 0 Å². The molecule has 1 saturated carbocycles. The quantitative estimate of drug-likeness (QED) is 0.456. The van der Waals surface area contributed by atoms with Crippen molar-refractivity contribution in [1.29, 1.82) is 0 Å². The molecule has 2 aromatic rings. The maximum atomic E-state index is 12.9. The largest absolute Gasteiger partial charge is 0.354 e. The summed E-state index contributed by atoms with van der Waals surface area (Å²) in [6, 6.07) is 10.2. The molecular weight excluding hydrogens is 532 g/mol. The van der Waals surface area contributed by atoms with Crippen LogP contribution in [-0.4, -0.2) is 93.1 Å². The number of hydrogen-bond acceptors (Lipinski definition) is 7. The normalized spacial score (nSPS) is 23.9. The highest BCUT2D eigenvalue weighted by molar-refractivity contribution is 5.89. The molecule has 1 aromatic carbocycles. The predicted octanol–water partition coefficient (Wildman–Crippen LogP) is 2.03. The number of rotatable bonds is 7. The Labute approximate surface area is 248 Å². The summed E-state index contributed by atoms with van der Waals surface area (Å²) in [5.41, 5.74) is 12.7. The van der Waals surface area contributed by atoms with E-state index >= 15 is 0 Å². The fourth-order valence-electron chi connectivity index (χ4n) is 6.78. The number of carbonyl (C=O) groups is 2. The molecule has 5 N–H and O–H groups in total. The molecule has 4 atom stereocenters. The van der Waals surface area contributed by atoms with Gasteiger partial charge in [0.1, 0.15) is 5.82 Å². The van der Waals surface area contributed by atoms with E-state index in [9.17, 15) is 14.4 Å². The van der Waals surface area contributed by atoms with Gasteiger partial charge >= 0.3 is 11.7 Å². The van der Waals surface area contributed by atoms with Crippen LogP contribution in [0.2, 0.25) is 0 Å². The summed E-state index contributed by atoms with van der Waals surface area (Å²) >= 11 is 0. The Morgan fingerprint density at radius 1 is 1.02 bits per heavy atom. The number of aromatic nitrogens is 2. The zero-order valence-electron chi connectivity index (χ0n) is 25.2. The molecule has 0 bridgehead atoms. The van der Waals surface area contributed by atoms with Crippen LogP contribution in [0.4, 0.5) is 10.6 Å². The average molecular weight is 579 g/mol. The smallest absolute Gasteiger partial charge is 0.338 e. The van der Waals surface area contributed by atoms with Gasteiger partial charge in [-0.25, -0.2) is 9.59 Å². The van der Waals surface area contributed by atoms with Gasteiger partial charge in [0.05, 0.1) is 11.2 Å². The van der Waals surface area contributed by atoms with Crippen LogP contribution in [0.3, 0.4) is 0 Å². The highest BCUT2D eigenvalue weighted by Crippen LogP contribution is 2.37. The molecule has 5 rings (SSSR count). The van der Waals surface area contributed by atoms with Crippen molar-refractivity contribution in [2.24, 2.45) is 23.3 Å². The van der Waals surface area contributed by atoms with Crippen LogP contribution in [0.25, 0.3) is 5.69 Å². The number of nitrogens with one attached hydrogen (secondary N) is 1. The molecule has 1 aliphatic carbocycles. The number of piperazine rings is 1. The van der Waals surface area contributed by atoms with Gasteiger partial charge in [-0.05, 0) is 81.5 Å². The first-order chi connectivity index (χ1) is 20.0. The third-order valence-corrected chi connectivity index (χ3v) is 9.24. The van der Waals surface area contributed by atoms with E-state index in [-0.39, 0.29) is 17.8 Å². The molecule has 3 aliphatic rings. The van der Waals surface area contributed by atoms with Crippen molar-refractivity contribution >= 4 is 17.8 Å². The maximum Gasteiger partial charge on any atom is 0.354 e. The van der Waals surface area contributed by atoms with Crippen LogP contribution in [0, 0.1) is 11.8 Å². The number of urea groups is 1. The molecule has 0 radical (unpaired) electrons. The number of likely N-dealkylation sites (tertiary alicyclic amines) is 1. The lowest BCUT2D eigenvalue weighted by Gasteiger charge is -2.37. The fraction of sp³-hybridized carbons (Fsp3) is 0.613. The van der Waals surface area contributed by atoms with Gasteiger partial charge in [-0.2, -0.15) is 4.98 Å². The Bertz CT molecular complexity index is 1310. The van der Waals surface area contributed by atoms with Crippen molar-refractivity contribution in [3.63, 3.8) is 0 Å². The molecule has 3 heterocycles. The van der Waals surface area contributed by atoms with E-state index in [2.05, 4.69) is 34.3 Å². The maximum absolute atomic E-state index is 12.9. The summed E-state index contributed by atoms with van der Waals surface area (Å²) in [6.45, 7) is 9.52. The molecular formula is C31H46N8O3. The second kappa shape index (κ2) is 12.5. The first kappa shape index (κ1) is 30.2. The molecule has 11 nitrogen and oxygen atoms in total. The van der Waals surface area contributed by atoms with Gasteiger partial charge in [0, 0.05) is 57.5 Å². The highest BCUT2D eigenvalue weighted by Gasteiger charge is 2.38. The number of hydrogen-bond donors (Lipinski definition) is 3. The van der Waals surface area contributed by atoms with Gasteiger partial charge in [-0.15, -0.1) is 0 Å². The van der Waals surface area contributed by atoms with Crippen LogP contribution >= 0.6 is 0 Å². The molecule has 0 spiro atoms. The predicted molar refractivity (Wildman–Crippen MR) is 163 cm³/mol. The van der Waals surface area contributed by atoms with E-state index in [4.69, 9.17) is 11.5 Å². The molecule has 3 fully saturated rings. The molecule has 11 heteroatoms. The first-order valence-electron chi connectivity index (χ1n) is 15.3. The van der Waals surface area contributed by atoms with Crippen molar-refractivity contribution in [2.45, 2.75) is 70.5 Å². The summed E-state index contributed by atoms with van der Waals surface area (Å²) in [7, 11) is 0. The standard InChI is InChI=1S/C31H46N8O3/c1-4-25(38-19-22-7-8-24(32)18-23(22)20-38)17-21-5-9-26(10-6-21)39-12-11-27(35-30(39)42)34-29(41)37-15-13-36(14-16-37)28(40)31(2,3)33/h5-6,9-12,22-25H,4,7-8,13-20,32-33H2,1-3H3,(H,34,35,41,42). The first-order valence-corrected chi connectivity index (χ1v) is 15.3. The monoisotopic (exact) mass is 578 g/mol. The molecule has 1 aromatic heterocycles. The number of fused-ring (bicyclic) bond motifs is 1. The minimum atomic E-state index is -0.946. The lowest BCUT2D eigenvalue weighted by molar-refractivity contribution is -0.137. The van der Waals surface area contributed by atoms with Crippen LogP contribution < -0.4 is 22.5 Å². The zero-order chi connectivity index (χ0) is 30.0. The Kier molecular flexibility index (Phi) is 9.00. The Morgan fingerprint density at radius 3 is 2.33 bits per heavy atom. The van der Waals surface area contributed by atoms with Crippen LogP contribution in [0.1, 0.15) is 52.0 Å². The number of nitrogens with zero attached hydrogens (tertiary/aromatic N) is 5. The minimum absolute atomic E-state index is 0.138. The van der Waals surface area contributed by atoms with Gasteiger partial charge in [0.2, 0.25) is 5.91 Å². The summed E-state index contributed by atoms with van der Waals surface area (Å²) in [6.07, 6.45) is 7.28. The number of anilines is 1. The van der Waals surface area contributed by atoms with E-state index in [0.29, 0.717) is 38.3 Å². The molecule has 2 saturated heterocycles. The van der Waals surface area contributed by atoms with Crippen molar-refractivity contribution < 1.29 is 9.59 Å². The van der Waals surface area contributed by atoms with Crippen molar-refractivity contribution in [1.82, 2.24) is 24.3 Å². The third-order valence-electron chi connectivity index (χ3n) is 9.24.